The third-order valence-electron chi connectivity index (χ3n) is 7.01. The van der Waals surface area contributed by atoms with E-state index in [9.17, 15) is 30.7 Å². The molecule has 1 aliphatic rings. The predicted octanol–water partition coefficient (Wildman–Crippen LogP) is 9.58. The molecule has 0 unspecified atom stereocenters. The van der Waals surface area contributed by atoms with Gasteiger partial charge in [0, 0.05) is 17.2 Å². The third kappa shape index (κ3) is 6.28. The Labute approximate surface area is 211 Å². The number of alkyl halides is 3. The van der Waals surface area contributed by atoms with E-state index in [0.29, 0.717) is 30.4 Å². The van der Waals surface area contributed by atoms with Crippen LogP contribution in [0, 0.1) is 35.1 Å². The highest BCUT2D eigenvalue weighted by atomic mass is 19.4. The smallest absolute Gasteiger partial charge is 0.422 e. The van der Waals surface area contributed by atoms with E-state index in [0.717, 1.165) is 30.9 Å². The van der Waals surface area contributed by atoms with Gasteiger partial charge in [-0.25, -0.2) is 17.6 Å². The Kier molecular flexibility index (Phi) is 8.14. The van der Waals surface area contributed by atoms with Gasteiger partial charge in [-0.1, -0.05) is 44.7 Å². The molecule has 0 aromatic heterocycles. The van der Waals surface area contributed by atoms with Gasteiger partial charge in [0.25, 0.3) is 0 Å². The fourth-order valence-corrected chi connectivity index (χ4v) is 5.05. The normalized spacial score (nSPS) is 18.2. The lowest BCUT2D eigenvalue weighted by molar-refractivity contribution is -0.142. The molecule has 0 amide bonds. The number of ether oxygens (including phenoxy) is 1. The molecule has 0 heterocycles. The zero-order valence-electron chi connectivity index (χ0n) is 20.3. The molecule has 0 aliphatic heterocycles. The van der Waals surface area contributed by atoms with E-state index >= 15 is 0 Å². The molecule has 8 heteroatoms. The Morgan fingerprint density at radius 2 is 1.24 bits per heavy atom. The Bertz CT molecular complexity index is 1220. The lowest BCUT2D eigenvalue weighted by Crippen LogP contribution is -2.20. The van der Waals surface area contributed by atoms with Crippen LogP contribution < -0.4 is 4.74 Å². The van der Waals surface area contributed by atoms with Crippen LogP contribution in [-0.4, -0.2) is 6.61 Å². The summed E-state index contributed by atoms with van der Waals surface area (Å²) in [7, 11) is 0. The van der Waals surface area contributed by atoms with Crippen molar-refractivity contribution >= 4 is 0 Å². The van der Waals surface area contributed by atoms with Crippen LogP contribution in [0.2, 0.25) is 0 Å². The highest BCUT2D eigenvalue weighted by Gasteiger charge is 2.38. The van der Waals surface area contributed by atoms with Crippen LogP contribution in [0.3, 0.4) is 0 Å². The Hall–Kier alpha value is -3.03. The number of halogens is 7. The van der Waals surface area contributed by atoms with Gasteiger partial charge in [0.2, 0.25) is 0 Å². The molecular formula is C29H27F7O. The maximum Gasteiger partial charge on any atom is 0.422 e. The molecule has 0 bridgehead atoms. The first-order valence-corrected chi connectivity index (χ1v) is 12.4. The van der Waals surface area contributed by atoms with Crippen LogP contribution in [0.4, 0.5) is 30.7 Å². The summed E-state index contributed by atoms with van der Waals surface area (Å²) in [6.45, 7) is 2.69. The van der Waals surface area contributed by atoms with Crippen molar-refractivity contribution in [2.75, 3.05) is 6.61 Å². The summed E-state index contributed by atoms with van der Waals surface area (Å²) in [5, 5.41) is 0. The topological polar surface area (TPSA) is 9.23 Å². The zero-order chi connectivity index (χ0) is 26.7. The van der Waals surface area contributed by atoms with E-state index in [1.54, 1.807) is 6.07 Å². The van der Waals surface area contributed by atoms with Gasteiger partial charge >= 0.3 is 6.18 Å². The fraction of sp³-hybridized carbons (Fsp3) is 0.379. The van der Waals surface area contributed by atoms with Gasteiger partial charge in [0.15, 0.2) is 0 Å². The van der Waals surface area contributed by atoms with E-state index in [1.165, 1.54) is 43.9 Å². The fourth-order valence-electron chi connectivity index (χ4n) is 5.05. The molecule has 4 rings (SSSR count). The van der Waals surface area contributed by atoms with Gasteiger partial charge in [-0.15, -0.1) is 0 Å². The van der Waals surface area contributed by atoms with Crippen molar-refractivity contribution in [3.63, 3.8) is 0 Å². The molecule has 1 saturated carbocycles. The second kappa shape index (κ2) is 11.2. The molecule has 0 spiro atoms. The summed E-state index contributed by atoms with van der Waals surface area (Å²) in [5.74, 6) is -3.72. The molecule has 0 saturated heterocycles. The third-order valence-corrected chi connectivity index (χ3v) is 7.01. The highest BCUT2D eigenvalue weighted by Crippen LogP contribution is 2.37. The molecule has 0 N–H and O–H groups in total. The van der Waals surface area contributed by atoms with Crippen LogP contribution in [0.15, 0.2) is 48.5 Å². The Balaban J connectivity index is 1.47. The monoisotopic (exact) mass is 524 g/mol. The van der Waals surface area contributed by atoms with Gasteiger partial charge in [-0.3, -0.25) is 0 Å². The number of benzene rings is 3. The summed E-state index contributed by atoms with van der Waals surface area (Å²) in [4.78, 5) is 0. The molecule has 1 fully saturated rings. The van der Waals surface area contributed by atoms with Crippen molar-refractivity contribution in [1.82, 2.24) is 0 Å². The molecule has 1 nitrogen and oxygen atoms in total. The molecule has 198 valence electrons. The van der Waals surface area contributed by atoms with Gasteiger partial charge in [-0.05, 0) is 66.1 Å². The van der Waals surface area contributed by atoms with Crippen molar-refractivity contribution in [3.8, 4) is 28.0 Å². The van der Waals surface area contributed by atoms with Gasteiger partial charge in [-0.2, -0.15) is 13.2 Å². The second-order valence-corrected chi connectivity index (χ2v) is 9.64. The van der Waals surface area contributed by atoms with E-state index < -0.39 is 40.6 Å². The standard InChI is InChI=1S/C29H27F7O/c1-2-3-17-4-6-18(7-5-17)16-37-21-9-11-22(25(31)15-21)19-8-10-23(24(30)12-19)20-13-26(32)28(27(33)14-20)29(34,35)36/h8-15,17-18H,2-7,16H2,1H3. The maximum atomic E-state index is 14.8. The van der Waals surface area contributed by atoms with E-state index in [1.807, 2.05) is 0 Å². The maximum absolute atomic E-state index is 14.8. The van der Waals surface area contributed by atoms with Gasteiger partial charge < -0.3 is 4.74 Å². The molecule has 3 aromatic carbocycles. The number of hydrogen-bond donors (Lipinski definition) is 0. The lowest BCUT2D eigenvalue weighted by Gasteiger charge is -2.28. The van der Waals surface area contributed by atoms with Crippen LogP contribution in [-0.2, 0) is 6.18 Å². The van der Waals surface area contributed by atoms with E-state index in [-0.39, 0.29) is 16.7 Å². The minimum atomic E-state index is -5.23. The summed E-state index contributed by atoms with van der Waals surface area (Å²) in [6, 6.07) is 8.56. The van der Waals surface area contributed by atoms with Crippen molar-refractivity contribution in [2.24, 2.45) is 11.8 Å². The minimum absolute atomic E-state index is 0.0858. The number of hydrogen-bond acceptors (Lipinski definition) is 1. The van der Waals surface area contributed by atoms with Crippen molar-refractivity contribution in [1.29, 1.82) is 0 Å². The van der Waals surface area contributed by atoms with Crippen molar-refractivity contribution in [2.45, 2.75) is 51.6 Å². The van der Waals surface area contributed by atoms with Crippen LogP contribution in [0.25, 0.3) is 22.3 Å². The summed E-state index contributed by atoms with van der Waals surface area (Å²) in [6.07, 6.45) is 1.75. The zero-order valence-corrected chi connectivity index (χ0v) is 20.3. The lowest BCUT2D eigenvalue weighted by atomic mass is 9.80. The van der Waals surface area contributed by atoms with Crippen LogP contribution in [0.5, 0.6) is 5.75 Å². The highest BCUT2D eigenvalue weighted by molar-refractivity contribution is 5.72. The SMILES string of the molecule is CCCC1CCC(COc2ccc(-c3ccc(-c4cc(F)c(C(F)(F)F)c(F)c4)c(F)c3)c(F)c2)CC1. The first-order valence-electron chi connectivity index (χ1n) is 12.4. The first-order chi connectivity index (χ1) is 17.6. The predicted molar refractivity (Wildman–Crippen MR) is 128 cm³/mol. The second-order valence-electron chi connectivity index (χ2n) is 9.64. The summed E-state index contributed by atoms with van der Waals surface area (Å²) >= 11 is 0. The average molecular weight is 525 g/mol. The van der Waals surface area contributed by atoms with Crippen molar-refractivity contribution in [3.05, 3.63) is 77.4 Å². The van der Waals surface area contributed by atoms with Gasteiger partial charge in [0.1, 0.15) is 34.6 Å². The number of rotatable bonds is 7. The summed E-state index contributed by atoms with van der Waals surface area (Å²) in [5.41, 5.74) is -2.51. The largest absolute Gasteiger partial charge is 0.493 e. The molecular weight excluding hydrogens is 497 g/mol. The van der Waals surface area contributed by atoms with Crippen molar-refractivity contribution < 1.29 is 35.5 Å². The quantitative estimate of drug-likeness (QED) is 0.280. The van der Waals surface area contributed by atoms with Gasteiger partial charge in [0.05, 0.1) is 6.61 Å². The Morgan fingerprint density at radius 3 is 1.81 bits per heavy atom. The first kappa shape index (κ1) is 27.0. The minimum Gasteiger partial charge on any atom is -0.493 e. The summed E-state index contributed by atoms with van der Waals surface area (Å²) < 4.78 is 102. The molecule has 37 heavy (non-hydrogen) atoms. The molecule has 1 aliphatic carbocycles. The average Bonchev–Trinajstić information content (AvgIpc) is 2.82. The molecule has 3 aromatic rings. The molecule has 0 radical (unpaired) electrons. The van der Waals surface area contributed by atoms with Crippen LogP contribution >= 0.6 is 0 Å². The Morgan fingerprint density at radius 1 is 0.703 bits per heavy atom. The van der Waals surface area contributed by atoms with E-state index in [4.69, 9.17) is 4.74 Å². The molecule has 0 atom stereocenters. The van der Waals surface area contributed by atoms with Crippen LogP contribution in [0.1, 0.15) is 51.0 Å². The van der Waals surface area contributed by atoms with E-state index in [2.05, 4.69) is 6.92 Å².